The number of carbonyl (C=O) groups is 2. The molecule has 0 aliphatic heterocycles. The normalized spacial score (nSPS) is 12.0. The van der Waals surface area contributed by atoms with E-state index in [2.05, 4.69) is 28.2 Å². The van der Waals surface area contributed by atoms with E-state index in [9.17, 15) is 14.0 Å². The number of nitrogens with two attached hydrogens (primary N) is 2. The fourth-order valence-corrected chi connectivity index (χ4v) is 3.70. The molecule has 1 heterocycles. The van der Waals surface area contributed by atoms with Crippen LogP contribution in [-0.4, -0.2) is 28.6 Å². The van der Waals surface area contributed by atoms with Gasteiger partial charge in [-0.1, -0.05) is 30.3 Å². The van der Waals surface area contributed by atoms with Crippen LogP contribution in [0.5, 0.6) is 0 Å². The number of primary amides is 2. The van der Waals surface area contributed by atoms with E-state index in [0.717, 1.165) is 22.8 Å². The lowest BCUT2D eigenvalue weighted by Gasteiger charge is -2.20. The van der Waals surface area contributed by atoms with Crippen molar-refractivity contribution in [2.45, 2.75) is 19.4 Å². The molecule has 10 heteroatoms. The summed E-state index contributed by atoms with van der Waals surface area (Å²) in [4.78, 5) is 28.1. The first-order chi connectivity index (χ1) is 16.6. The Hall–Kier alpha value is -4.18. The first-order valence-corrected chi connectivity index (χ1v) is 11.0. The van der Waals surface area contributed by atoms with Crippen LogP contribution in [0.3, 0.4) is 0 Å². The van der Waals surface area contributed by atoms with Gasteiger partial charge in [0.15, 0.2) is 0 Å². The number of nitrogens with one attached hydrogen (secondary N) is 3. The van der Waals surface area contributed by atoms with Crippen LogP contribution in [0.4, 0.5) is 15.8 Å². The minimum absolute atomic E-state index is 0.0546. The zero-order valence-electron chi connectivity index (χ0n) is 18.9. The van der Waals surface area contributed by atoms with Crippen molar-refractivity contribution in [3.63, 3.8) is 0 Å². The Bertz CT molecular complexity index is 1280. The molecule has 3 rings (SSSR count). The number of thiol groups is 1. The number of pyridine rings is 1. The average Bonchev–Trinajstić information content (AvgIpc) is 2.80. The summed E-state index contributed by atoms with van der Waals surface area (Å²) in [5, 5.41) is 13.4. The van der Waals surface area contributed by atoms with E-state index in [1.54, 1.807) is 19.3 Å². The van der Waals surface area contributed by atoms with Crippen molar-refractivity contribution < 1.29 is 14.0 Å². The summed E-state index contributed by atoms with van der Waals surface area (Å²) in [5.41, 5.74) is 13.9. The van der Waals surface area contributed by atoms with Crippen LogP contribution in [0.2, 0.25) is 0 Å². The van der Waals surface area contributed by atoms with Gasteiger partial charge < -0.3 is 27.5 Å². The molecular formula is C25H25FN6O2S. The van der Waals surface area contributed by atoms with Gasteiger partial charge in [-0.3, -0.25) is 14.6 Å². The van der Waals surface area contributed by atoms with Crippen molar-refractivity contribution in [2.24, 2.45) is 11.5 Å². The van der Waals surface area contributed by atoms with E-state index in [0.29, 0.717) is 0 Å². The number of hydrogen-bond donors (Lipinski definition) is 6. The predicted octanol–water partition coefficient (Wildman–Crippen LogP) is 3.72. The Kier molecular flexibility index (Phi) is 8.21. The van der Waals surface area contributed by atoms with Gasteiger partial charge in [-0.25, -0.2) is 4.39 Å². The molecule has 3 aromatic rings. The highest BCUT2D eigenvalue weighted by Gasteiger charge is 2.20. The number of carbonyl (C=O) groups excluding carboxylic acids is 2. The summed E-state index contributed by atoms with van der Waals surface area (Å²) in [6, 6.07) is 12.6. The lowest BCUT2D eigenvalue weighted by atomic mass is 10.0. The lowest BCUT2D eigenvalue weighted by molar-refractivity contribution is -0.118. The van der Waals surface area contributed by atoms with Gasteiger partial charge in [0.05, 0.1) is 22.0 Å². The molecular weight excluding hydrogens is 467 g/mol. The van der Waals surface area contributed by atoms with Crippen molar-refractivity contribution in [1.29, 1.82) is 5.41 Å². The Morgan fingerprint density at radius 1 is 1.14 bits per heavy atom. The van der Waals surface area contributed by atoms with E-state index in [4.69, 9.17) is 16.9 Å². The highest BCUT2D eigenvalue weighted by atomic mass is 32.1. The number of rotatable bonds is 10. The van der Waals surface area contributed by atoms with Crippen LogP contribution >= 0.6 is 12.6 Å². The summed E-state index contributed by atoms with van der Waals surface area (Å²) in [6.07, 6.45) is 5.06. The Morgan fingerprint density at radius 2 is 1.86 bits per heavy atom. The fraction of sp³-hybridized carbons (Fsp3) is 0.120. The zero-order chi connectivity index (χ0) is 25.5. The van der Waals surface area contributed by atoms with E-state index in [1.807, 2.05) is 36.4 Å². The van der Waals surface area contributed by atoms with Crippen LogP contribution in [0, 0.1) is 11.2 Å². The molecule has 8 nitrogen and oxygen atoms in total. The third kappa shape index (κ3) is 6.90. The Labute approximate surface area is 207 Å². The summed E-state index contributed by atoms with van der Waals surface area (Å²) in [7, 11) is 0. The highest BCUT2D eigenvalue weighted by Crippen LogP contribution is 2.27. The van der Waals surface area contributed by atoms with Crippen LogP contribution in [0.15, 0.2) is 72.0 Å². The van der Waals surface area contributed by atoms with Gasteiger partial charge in [-0.05, 0) is 47.9 Å². The number of nitrogens with zero attached hydrogens (tertiary/aromatic N) is 1. The topological polar surface area (TPSA) is 147 Å². The minimum atomic E-state index is -0.934. The van der Waals surface area contributed by atoms with Crippen molar-refractivity contribution in [3.05, 3.63) is 89.0 Å². The maximum atomic E-state index is 14.8. The van der Waals surface area contributed by atoms with Crippen molar-refractivity contribution in [1.82, 2.24) is 4.98 Å². The second-order valence-corrected chi connectivity index (χ2v) is 8.30. The molecule has 0 radical (unpaired) electrons. The maximum absolute atomic E-state index is 14.8. The van der Waals surface area contributed by atoms with Crippen molar-refractivity contribution >= 4 is 41.5 Å². The number of amides is 2. The van der Waals surface area contributed by atoms with Gasteiger partial charge in [0, 0.05) is 24.5 Å². The summed E-state index contributed by atoms with van der Waals surface area (Å²) in [5.74, 6) is -2.32. The third-order valence-corrected chi connectivity index (χ3v) is 5.29. The number of benzene rings is 2. The number of allylic oxidation sites excluding steroid dienone is 1. The monoisotopic (exact) mass is 492 g/mol. The molecule has 0 unspecified atom stereocenters. The molecule has 0 aliphatic carbocycles. The number of hydrogen-bond acceptors (Lipinski definition) is 7. The fourth-order valence-electron chi connectivity index (χ4n) is 3.38. The van der Waals surface area contributed by atoms with Crippen LogP contribution in [0.25, 0.3) is 11.1 Å². The molecule has 35 heavy (non-hydrogen) atoms. The Balaban J connectivity index is 1.85. The van der Waals surface area contributed by atoms with E-state index in [-0.39, 0.29) is 34.1 Å². The molecule has 0 saturated heterocycles. The van der Waals surface area contributed by atoms with Gasteiger partial charge >= 0.3 is 0 Å². The molecule has 0 bridgehead atoms. The van der Waals surface area contributed by atoms with Gasteiger partial charge in [-0.15, -0.1) is 12.6 Å². The Morgan fingerprint density at radius 3 is 2.43 bits per heavy atom. The maximum Gasteiger partial charge on any atom is 0.250 e. The van der Waals surface area contributed by atoms with E-state index < -0.39 is 23.7 Å². The van der Waals surface area contributed by atoms with Gasteiger partial charge in [0.1, 0.15) is 11.9 Å². The first-order valence-electron chi connectivity index (χ1n) is 10.6. The number of anilines is 2. The molecule has 180 valence electrons. The quantitative estimate of drug-likeness (QED) is 0.189. The SMILES string of the molecule is CC(=N)/C=C(\S)Nc1cc(N[C@H](Cc2ccc(-c3cccnc3)cc2)C(N)=O)c(F)cc1C(N)=O. The minimum Gasteiger partial charge on any atom is -0.371 e. The average molecular weight is 493 g/mol. The molecule has 7 N–H and O–H groups in total. The first kappa shape index (κ1) is 25.4. The lowest BCUT2D eigenvalue weighted by Crippen LogP contribution is -2.37. The van der Waals surface area contributed by atoms with E-state index in [1.165, 1.54) is 12.1 Å². The molecule has 2 aromatic carbocycles. The second-order valence-electron chi connectivity index (χ2n) is 7.82. The van der Waals surface area contributed by atoms with Crippen molar-refractivity contribution in [3.8, 4) is 11.1 Å². The third-order valence-electron chi connectivity index (χ3n) is 5.05. The number of halogens is 1. The highest BCUT2D eigenvalue weighted by molar-refractivity contribution is 7.84. The molecule has 1 aromatic heterocycles. The van der Waals surface area contributed by atoms with E-state index >= 15 is 0 Å². The van der Waals surface area contributed by atoms with Crippen molar-refractivity contribution in [2.75, 3.05) is 10.6 Å². The molecule has 0 fully saturated rings. The van der Waals surface area contributed by atoms with Gasteiger partial charge in [-0.2, -0.15) is 0 Å². The number of aromatic nitrogens is 1. The summed E-state index contributed by atoms with van der Waals surface area (Å²) >= 11 is 4.22. The molecule has 2 amide bonds. The molecule has 0 aliphatic rings. The summed E-state index contributed by atoms with van der Waals surface area (Å²) in [6.45, 7) is 1.55. The standard InChI is InChI=1S/C25H25FN6O2S/c1-14(27)9-23(35)32-20-12-21(19(26)11-18(20)24(28)33)31-22(25(29)34)10-15-4-6-16(7-5-15)17-3-2-8-30-13-17/h2-9,11-13,22,27,31-32,35H,10H2,1H3,(H2,28,33)(H2,29,34)/b23-9-,27-14?/t22-/m1/s1. The second kappa shape index (κ2) is 11.3. The largest absolute Gasteiger partial charge is 0.371 e. The summed E-state index contributed by atoms with van der Waals surface area (Å²) < 4.78 is 14.8. The smallest absolute Gasteiger partial charge is 0.250 e. The van der Waals surface area contributed by atoms with Crippen LogP contribution in [-0.2, 0) is 11.2 Å². The van der Waals surface area contributed by atoms with Gasteiger partial charge in [0.2, 0.25) is 5.91 Å². The molecule has 0 saturated carbocycles. The van der Waals surface area contributed by atoms with Crippen LogP contribution in [0.1, 0.15) is 22.8 Å². The zero-order valence-corrected chi connectivity index (χ0v) is 19.8. The molecule has 1 atom stereocenters. The molecule has 0 spiro atoms. The van der Waals surface area contributed by atoms with Gasteiger partial charge in [0.25, 0.3) is 5.91 Å². The van der Waals surface area contributed by atoms with Crippen LogP contribution < -0.4 is 22.1 Å². The predicted molar refractivity (Wildman–Crippen MR) is 139 cm³/mol.